The highest BCUT2D eigenvalue weighted by Gasteiger charge is 2.14. The average molecular weight is 171 g/mol. The van der Waals surface area contributed by atoms with Crippen molar-refractivity contribution in [1.29, 1.82) is 0 Å². The highest BCUT2D eigenvalue weighted by molar-refractivity contribution is 5.67. The summed E-state index contributed by atoms with van der Waals surface area (Å²) in [6.45, 7) is 0. The Hall–Kier alpha value is -1.50. The Labute approximate surface area is 68.2 Å². The van der Waals surface area contributed by atoms with E-state index in [1.165, 1.54) is 4.80 Å². The lowest BCUT2D eigenvalue weighted by molar-refractivity contribution is -0.137. The molecule has 0 aliphatic rings. The van der Waals surface area contributed by atoms with Crippen LogP contribution in [0.3, 0.4) is 0 Å². The van der Waals surface area contributed by atoms with Gasteiger partial charge in [0.15, 0.2) is 5.82 Å². The first-order valence-electron chi connectivity index (χ1n) is 3.31. The normalized spacial score (nSPS) is 12.8. The molecular formula is C5H9N5O2. The highest BCUT2D eigenvalue weighted by atomic mass is 16.4. The van der Waals surface area contributed by atoms with E-state index in [1.54, 1.807) is 7.05 Å². The molecule has 1 aromatic rings. The Balaban J connectivity index is 2.64. The van der Waals surface area contributed by atoms with Gasteiger partial charge in [-0.25, -0.2) is 0 Å². The first-order chi connectivity index (χ1) is 5.59. The molecule has 0 aliphatic heterocycles. The Bertz CT molecular complexity index is 283. The van der Waals surface area contributed by atoms with Gasteiger partial charge in [0, 0.05) is 0 Å². The van der Waals surface area contributed by atoms with E-state index >= 15 is 0 Å². The number of aliphatic carboxylic acids is 1. The largest absolute Gasteiger partial charge is 0.481 e. The summed E-state index contributed by atoms with van der Waals surface area (Å²) >= 11 is 0. The fraction of sp³-hybridized carbons (Fsp3) is 0.600. The minimum Gasteiger partial charge on any atom is -0.481 e. The van der Waals surface area contributed by atoms with E-state index in [1.807, 2.05) is 0 Å². The predicted molar refractivity (Wildman–Crippen MR) is 38.0 cm³/mol. The Morgan fingerprint density at radius 1 is 1.83 bits per heavy atom. The second kappa shape index (κ2) is 3.26. The van der Waals surface area contributed by atoms with Crippen LogP contribution in [0.2, 0.25) is 0 Å². The Morgan fingerprint density at radius 2 is 2.50 bits per heavy atom. The number of nitrogens with two attached hydrogens (primary N) is 1. The van der Waals surface area contributed by atoms with E-state index in [-0.39, 0.29) is 12.2 Å². The number of carbonyl (C=O) groups is 1. The third-order valence-electron chi connectivity index (χ3n) is 1.25. The molecule has 0 spiro atoms. The van der Waals surface area contributed by atoms with E-state index in [4.69, 9.17) is 10.8 Å². The van der Waals surface area contributed by atoms with Gasteiger partial charge in [-0.2, -0.15) is 4.80 Å². The van der Waals surface area contributed by atoms with Crippen LogP contribution in [0.15, 0.2) is 0 Å². The molecule has 0 aromatic carbocycles. The molecule has 0 saturated carbocycles. The van der Waals surface area contributed by atoms with Crippen LogP contribution in [-0.2, 0) is 11.8 Å². The van der Waals surface area contributed by atoms with Gasteiger partial charge in [-0.05, 0) is 5.21 Å². The maximum absolute atomic E-state index is 10.2. The van der Waals surface area contributed by atoms with Crippen molar-refractivity contribution >= 4 is 5.97 Å². The van der Waals surface area contributed by atoms with Crippen molar-refractivity contribution in [3.63, 3.8) is 0 Å². The number of tetrazole rings is 1. The quantitative estimate of drug-likeness (QED) is 0.584. The minimum atomic E-state index is -0.977. The van der Waals surface area contributed by atoms with Crippen molar-refractivity contribution in [2.75, 3.05) is 0 Å². The van der Waals surface area contributed by atoms with Gasteiger partial charge in [-0.15, -0.1) is 10.2 Å². The third kappa shape index (κ3) is 1.99. The molecule has 1 aromatic heterocycles. The maximum Gasteiger partial charge on any atom is 0.305 e. The van der Waals surface area contributed by atoms with Crippen LogP contribution in [0.1, 0.15) is 18.3 Å². The number of rotatable bonds is 3. The molecule has 66 valence electrons. The molecule has 1 unspecified atom stereocenters. The molecular weight excluding hydrogens is 162 g/mol. The lowest BCUT2D eigenvalue weighted by Gasteiger charge is -2.00. The summed E-state index contributed by atoms with van der Waals surface area (Å²) in [7, 11) is 1.59. The van der Waals surface area contributed by atoms with Gasteiger partial charge in [0.1, 0.15) is 0 Å². The summed E-state index contributed by atoms with van der Waals surface area (Å²) < 4.78 is 0. The molecule has 0 radical (unpaired) electrons. The minimum absolute atomic E-state index is 0.189. The van der Waals surface area contributed by atoms with Crippen molar-refractivity contribution in [1.82, 2.24) is 20.2 Å². The van der Waals surface area contributed by atoms with Gasteiger partial charge in [-0.1, -0.05) is 0 Å². The number of hydrogen-bond donors (Lipinski definition) is 2. The first kappa shape index (κ1) is 8.60. The lowest BCUT2D eigenvalue weighted by atomic mass is 10.2. The number of carboxylic acids is 1. The molecule has 0 bridgehead atoms. The zero-order chi connectivity index (χ0) is 9.14. The molecule has 12 heavy (non-hydrogen) atoms. The SMILES string of the molecule is Cn1nnc(C(N)CC(=O)O)n1. The van der Waals surface area contributed by atoms with Crippen molar-refractivity contribution in [2.45, 2.75) is 12.5 Å². The van der Waals surface area contributed by atoms with Crippen LogP contribution < -0.4 is 5.73 Å². The predicted octanol–water partition coefficient (Wildman–Crippen LogP) is -1.32. The second-order valence-electron chi connectivity index (χ2n) is 2.34. The lowest BCUT2D eigenvalue weighted by Crippen LogP contribution is -2.16. The summed E-state index contributed by atoms with van der Waals surface area (Å²) in [5.41, 5.74) is 5.45. The van der Waals surface area contributed by atoms with Gasteiger partial charge >= 0.3 is 5.97 Å². The first-order valence-corrected chi connectivity index (χ1v) is 3.31. The van der Waals surface area contributed by atoms with Crippen molar-refractivity contribution in [2.24, 2.45) is 12.8 Å². The zero-order valence-electron chi connectivity index (χ0n) is 6.51. The van der Waals surface area contributed by atoms with Crippen LogP contribution in [0, 0.1) is 0 Å². The van der Waals surface area contributed by atoms with E-state index in [9.17, 15) is 4.79 Å². The molecule has 3 N–H and O–H groups in total. The second-order valence-corrected chi connectivity index (χ2v) is 2.34. The molecule has 0 amide bonds. The molecule has 1 atom stereocenters. The van der Waals surface area contributed by atoms with Crippen LogP contribution in [0.25, 0.3) is 0 Å². The van der Waals surface area contributed by atoms with Crippen LogP contribution >= 0.6 is 0 Å². The fourth-order valence-corrected chi connectivity index (χ4v) is 0.727. The summed E-state index contributed by atoms with van der Waals surface area (Å²) in [5.74, 6) is -0.727. The zero-order valence-corrected chi connectivity index (χ0v) is 6.51. The van der Waals surface area contributed by atoms with Crippen molar-refractivity contribution < 1.29 is 9.90 Å². The van der Waals surface area contributed by atoms with E-state index in [0.717, 1.165) is 0 Å². The van der Waals surface area contributed by atoms with Gasteiger partial charge in [0.2, 0.25) is 0 Å². The number of nitrogens with zero attached hydrogens (tertiary/aromatic N) is 4. The summed E-state index contributed by atoms with van der Waals surface area (Å²) in [6.07, 6.45) is -0.189. The van der Waals surface area contributed by atoms with E-state index in [2.05, 4.69) is 15.4 Å². The fourth-order valence-electron chi connectivity index (χ4n) is 0.727. The molecule has 7 heteroatoms. The topological polar surface area (TPSA) is 107 Å². The Kier molecular flexibility index (Phi) is 2.34. The van der Waals surface area contributed by atoms with Crippen LogP contribution in [0.5, 0.6) is 0 Å². The molecule has 1 heterocycles. The number of hydrogen-bond acceptors (Lipinski definition) is 5. The average Bonchev–Trinajstić information content (AvgIpc) is 2.34. The Morgan fingerprint density at radius 3 is 2.92 bits per heavy atom. The smallest absolute Gasteiger partial charge is 0.305 e. The highest BCUT2D eigenvalue weighted by Crippen LogP contribution is 2.05. The van der Waals surface area contributed by atoms with Gasteiger partial charge in [-0.3, -0.25) is 4.79 Å². The number of aromatic nitrogens is 4. The van der Waals surface area contributed by atoms with Crippen molar-refractivity contribution in [3.8, 4) is 0 Å². The van der Waals surface area contributed by atoms with E-state index in [0.29, 0.717) is 0 Å². The summed E-state index contributed by atoms with van der Waals surface area (Å²) in [6, 6.07) is -0.684. The van der Waals surface area contributed by atoms with Gasteiger partial charge in [0.05, 0.1) is 19.5 Å². The molecule has 7 nitrogen and oxygen atoms in total. The number of aryl methyl sites for hydroxylation is 1. The van der Waals surface area contributed by atoms with Gasteiger partial charge in [0.25, 0.3) is 0 Å². The monoisotopic (exact) mass is 171 g/mol. The number of carboxylic acid groups (broad SMARTS) is 1. The standard InChI is InChI=1S/C5H9N5O2/c1-10-8-5(7-9-10)3(6)2-4(11)12/h3H,2,6H2,1H3,(H,11,12). The van der Waals surface area contributed by atoms with Crippen LogP contribution in [-0.4, -0.2) is 31.3 Å². The third-order valence-corrected chi connectivity index (χ3v) is 1.25. The molecule has 0 saturated heterocycles. The van der Waals surface area contributed by atoms with Crippen molar-refractivity contribution in [3.05, 3.63) is 5.82 Å². The van der Waals surface area contributed by atoms with Crippen LogP contribution in [0.4, 0.5) is 0 Å². The molecule has 0 fully saturated rings. The molecule has 0 aliphatic carbocycles. The van der Waals surface area contributed by atoms with E-state index < -0.39 is 12.0 Å². The maximum atomic E-state index is 10.2. The summed E-state index contributed by atoms with van der Waals surface area (Å²) in [4.78, 5) is 11.5. The summed E-state index contributed by atoms with van der Waals surface area (Å²) in [5, 5.41) is 19.3. The van der Waals surface area contributed by atoms with Gasteiger partial charge < -0.3 is 10.8 Å². The molecule has 1 rings (SSSR count).